The number of alkyl halides is 1. The van der Waals surface area contributed by atoms with Crippen molar-refractivity contribution >= 4 is 17.3 Å². The lowest BCUT2D eigenvalue weighted by atomic mass is 10.2. The molecule has 0 aliphatic carbocycles. The molecule has 0 saturated heterocycles. The van der Waals surface area contributed by atoms with Crippen molar-refractivity contribution in [1.29, 1.82) is 0 Å². The van der Waals surface area contributed by atoms with Crippen LogP contribution in [0.5, 0.6) is 0 Å². The maximum absolute atomic E-state index is 10.4. The fourth-order valence-corrected chi connectivity index (χ4v) is 1.63. The number of non-ortho nitro benzene ring substituents is 1. The fourth-order valence-electron chi connectivity index (χ4n) is 1.31. The van der Waals surface area contributed by atoms with E-state index < -0.39 is 4.92 Å². The van der Waals surface area contributed by atoms with Gasteiger partial charge in [0.05, 0.1) is 4.92 Å². The van der Waals surface area contributed by atoms with Gasteiger partial charge in [-0.1, -0.05) is 19.1 Å². The average molecular weight is 243 g/mol. The van der Waals surface area contributed by atoms with Crippen LogP contribution in [0.4, 0.5) is 5.69 Å². The van der Waals surface area contributed by atoms with Crippen LogP contribution in [0.3, 0.4) is 0 Å². The number of nitro benzene ring substituents is 1. The Morgan fingerprint density at radius 3 is 2.50 bits per heavy atom. The largest absolute Gasteiger partial charge is 0.309 e. The summed E-state index contributed by atoms with van der Waals surface area (Å²) >= 11 is 5.75. The van der Waals surface area contributed by atoms with Crippen molar-refractivity contribution in [2.45, 2.75) is 25.9 Å². The first-order chi connectivity index (χ1) is 7.67. The molecule has 0 radical (unpaired) electrons. The standard InChI is InChI=1S/C11H15ClN2O2/c1-2-10(7-12)13-8-9-3-5-11(6-4-9)14(15)16/h3-6,10,13H,2,7-8H2,1H3. The van der Waals surface area contributed by atoms with E-state index in [0.717, 1.165) is 12.0 Å². The van der Waals surface area contributed by atoms with Crippen LogP contribution in [0.1, 0.15) is 18.9 Å². The van der Waals surface area contributed by atoms with E-state index in [4.69, 9.17) is 11.6 Å². The van der Waals surface area contributed by atoms with E-state index >= 15 is 0 Å². The highest BCUT2D eigenvalue weighted by Gasteiger charge is 2.06. The Labute approximate surface area is 99.8 Å². The number of nitrogens with one attached hydrogen (secondary N) is 1. The molecule has 0 spiro atoms. The van der Waals surface area contributed by atoms with E-state index in [1.165, 1.54) is 12.1 Å². The highest BCUT2D eigenvalue weighted by molar-refractivity contribution is 6.18. The molecule has 0 amide bonds. The predicted octanol–water partition coefficient (Wildman–Crippen LogP) is 2.70. The lowest BCUT2D eigenvalue weighted by molar-refractivity contribution is -0.384. The minimum Gasteiger partial charge on any atom is -0.309 e. The molecule has 16 heavy (non-hydrogen) atoms. The topological polar surface area (TPSA) is 55.2 Å². The zero-order valence-corrected chi connectivity index (χ0v) is 9.91. The molecule has 1 aromatic rings. The monoisotopic (exact) mass is 242 g/mol. The molecule has 0 aliphatic heterocycles. The van der Waals surface area contributed by atoms with Gasteiger partial charge in [0.2, 0.25) is 0 Å². The first kappa shape index (κ1) is 12.9. The molecule has 0 heterocycles. The Hall–Kier alpha value is -1.13. The maximum atomic E-state index is 10.4. The van der Waals surface area contributed by atoms with Crippen LogP contribution in [0.25, 0.3) is 0 Å². The second kappa shape index (κ2) is 6.45. The van der Waals surface area contributed by atoms with E-state index in [1.807, 2.05) is 0 Å². The van der Waals surface area contributed by atoms with Gasteiger partial charge in [0.25, 0.3) is 5.69 Å². The fraction of sp³-hybridized carbons (Fsp3) is 0.455. The number of nitro groups is 1. The van der Waals surface area contributed by atoms with Gasteiger partial charge in [-0.25, -0.2) is 0 Å². The highest BCUT2D eigenvalue weighted by Crippen LogP contribution is 2.11. The average Bonchev–Trinajstić information content (AvgIpc) is 2.31. The van der Waals surface area contributed by atoms with Crippen molar-refractivity contribution in [3.05, 3.63) is 39.9 Å². The predicted molar refractivity (Wildman–Crippen MR) is 64.7 cm³/mol. The summed E-state index contributed by atoms with van der Waals surface area (Å²) in [5.41, 5.74) is 1.14. The third-order valence-corrected chi connectivity index (χ3v) is 2.79. The zero-order valence-electron chi connectivity index (χ0n) is 9.15. The van der Waals surface area contributed by atoms with Gasteiger partial charge >= 0.3 is 0 Å². The van der Waals surface area contributed by atoms with E-state index in [-0.39, 0.29) is 11.7 Å². The maximum Gasteiger partial charge on any atom is 0.269 e. The van der Waals surface area contributed by atoms with Crippen LogP contribution in [0.2, 0.25) is 0 Å². The minimum absolute atomic E-state index is 0.119. The molecular weight excluding hydrogens is 228 g/mol. The second-order valence-electron chi connectivity index (χ2n) is 3.56. The summed E-state index contributed by atoms with van der Waals surface area (Å²) in [4.78, 5) is 10.0. The van der Waals surface area contributed by atoms with Gasteiger partial charge in [0.1, 0.15) is 0 Å². The smallest absolute Gasteiger partial charge is 0.269 e. The quantitative estimate of drug-likeness (QED) is 0.474. The van der Waals surface area contributed by atoms with Crippen molar-refractivity contribution in [2.24, 2.45) is 0 Å². The van der Waals surface area contributed by atoms with Crippen molar-refractivity contribution in [2.75, 3.05) is 5.88 Å². The van der Waals surface area contributed by atoms with Gasteiger partial charge in [0, 0.05) is 30.6 Å². The zero-order chi connectivity index (χ0) is 12.0. The van der Waals surface area contributed by atoms with Crippen molar-refractivity contribution in [1.82, 2.24) is 5.32 Å². The van der Waals surface area contributed by atoms with E-state index in [1.54, 1.807) is 12.1 Å². The highest BCUT2D eigenvalue weighted by atomic mass is 35.5. The Balaban J connectivity index is 2.52. The number of halogens is 1. The SMILES string of the molecule is CCC(CCl)NCc1ccc([N+](=O)[O-])cc1. The third-order valence-electron chi connectivity index (χ3n) is 2.42. The van der Waals surface area contributed by atoms with Gasteiger partial charge in [-0.05, 0) is 12.0 Å². The summed E-state index contributed by atoms with van der Waals surface area (Å²) in [5.74, 6) is 0.573. The number of nitrogens with zero attached hydrogens (tertiary/aromatic N) is 1. The van der Waals surface area contributed by atoms with E-state index in [0.29, 0.717) is 12.4 Å². The summed E-state index contributed by atoms with van der Waals surface area (Å²) in [5, 5.41) is 13.7. The Bertz CT molecular complexity index is 336. The van der Waals surface area contributed by atoms with Crippen LogP contribution in [-0.2, 0) is 6.54 Å². The molecule has 1 aromatic carbocycles. The number of benzene rings is 1. The first-order valence-electron chi connectivity index (χ1n) is 5.20. The molecule has 1 atom stereocenters. The molecule has 5 heteroatoms. The first-order valence-corrected chi connectivity index (χ1v) is 5.73. The molecule has 0 fully saturated rings. The van der Waals surface area contributed by atoms with Crippen LogP contribution < -0.4 is 5.32 Å². The van der Waals surface area contributed by atoms with E-state index in [2.05, 4.69) is 12.2 Å². The van der Waals surface area contributed by atoms with Gasteiger partial charge < -0.3 is 5.32 Å². The molecule has 0 bridgehead atoms. The lowest BCUT2D eigenvalue weighted by Crippen LogP contribution is -2.29. The van der Waals surface area contributed by atoms with Gasteiger partial charge in [-0.2, -0.15) is 0 Å². The molecule has 1 unspecified atom stereocenters. The number of hydrogen-bond acceptors (Lipinski definition) is 3. The molecule has 0 saturated carbocycles. The Kier molecular flexibility index (Phi) is 5.22. The van der Waals surface area contributed by atoms with Crippen molar-refractivity contribution in [3.63, 3.8) is 0 Å². The van der Waals surface area contributed by atoms with Gasteiger partial charge in [-0.15, -0.1) is 11.6 Å². The Morgan fingerprint density at radius 1 is 1.44 bits per heavy atom. The van der Waals surface area contributed by atoms with Gasteiger partial charge in [-0.3, -0.25) is 10.1 Å². The summed E-state index contributed by atoms with van der Waals surface area (Å²) < 4.78 is 0. The molecule has 1 rings (SSSR count). The van der Waals surface area contributed by atoms with Crippen LogP contribution in [0, 0.1) is 10.1 Å². The van der Waals surface area contributed by atoms with Crippen LogP contribution in [0.15, 0.2) is 24.3 Å². The Morgan fingerprint density at radius 2 is 2.06 bits per heavy atom. The van der Waals surface area contributed by atoms with Crippen LogP contribution in [-0.4, -0.2) is 16.8 Å². The number of rotatable bonds is 6. The summed E-state index contributed by atoms with van der Waals surface area (Å²) in [6.45, 7) is 2.75. The second-order valence-corrected chi connectivity index (χ2v) is 3.87. The van der Waals surface area contributed by atoms with E-state index in [9.17, 15) is 10.1 Å². The normalized spacial score (nSPS) is 12.4. The molecular formula is C11H15ClN2O2. The third kappa shape index (κ3) is 3.79. The summed E-state index contributed by atoms with van der Waals surface area (Å²) in [7, 11) is 0. The molecule has 88 valence electrons. The summed E-state index contributed by atoms with van der Waals surface area (Å²) in [6, 6.07) is 6.83. The minimum atomic E-state index is -0.398. The summed E-state index contributed by atoms with van der Waals surface area (Å²) in [6.07, 6.45) is 0.969. The lowest BCUT2D eigenvalue weighted by Gasteiger charge is -2.13. The van der Waals surface area contributed by atoms with Crippen molar-refractivity contribution < 1.29 is 4.92 Å². The number of hydrogen-bond donors (Lipinski definition) is 1. The molecule has 0 aliphatic rings. The molecule has 4 nitrogen and oxygen atoms in total. The molecule has 1 N–H and O–H groups in total. The van der Waals surface area contributed by atoms with Crippen molar-refractivity contribution in [3.8, 4) is 0 Å². The van der Waals surface area contributed by atoms with Crippen LogP contribution >= 0.6 is 11.6 Å². The van der Waals surface area contributed by atoms with Gasteiger partial charge in [0.15, 0.2) is 0 Å². The molecule has 0 aromatic heterocycles.